The van der Waals surface area contributed by atoms with Crippen molar-refractivity contribution in [2.24, 2.45) is 0 Å². The number of hydrogen-bond acceptors (Lipinski definition) is 2. The summed E-state index contributed by atoms with van der Waals surface area (Å²) in [4.78, 5) is 20.6. The van der Waals surface area contributed by atoms with E-state index in [1.807, 2.05) is 0 Å². The van der Waals surface area contributed by atoms with Crippen LogP contribution in [-0.4, -0.2) is 11.6 Å². The van der Waals surface area contributed by atoms with Gasteiger partial charge in [0.1, 0.15) is 0 Å². The molecule has 0 bridgehead atoms. The summed E-state index contributed by atoms with van der Waals surface area (Å²) < 4.78 is 0. The van der Waals surface area contributed by atoms with Crippen LogP contribution in [0.4, 0.5) is 0 Å². The molecule has 0 N–H and O–H groups in total. The van der Waals surface area contributed by atoms with E-state index in [0.717, 1.165) is 0 Å². The molecule has 6 aromatic carbocycles. The summed E-state index contributed by atoms with van der Waals surface area (Å²) in [7, 11) is 0. The molecular weight excluding hydrogens is 464 g/mol. The highest BCUT2D eigenvalue weighted by atomic mass is 16.1. The molecule has 2 nitrogen and oxygen atoms in total. The van der Waals surface area contributed by atoms with Crippen LogP contribution < -0.4 is 0 Å². The number of carbonyl (C=O) groups is 2. The van der Waals surface area contributed by atoms with Crippen LogP contribution in [0.15, 0.2) is 146 Å². The molecule has 2 heteroatoms. The molecular formula is C36H24O2. The second-order valence-electron chi connectivity index (χ2n) is 9.31. The van der Waals surface area contributed by atoms with Crippen molar-refractivity contribution in [3.05, 3.63) is 146 Å². The van der Waals surface area contributed by atoms with Gasteiger partial charge in [0.15, 0.2) is 11.6 Å². The second-order valence-corrected chi connectivity index (χ2v) is 9.31. The fraction of sp³-hybridized carbons (Fsp3) is 0. The number of ketones is 2. The van der Waals surface area contributed by atoms with E-state index in [0.29, 0.717) is 0 Å². The standard InChI is InChI=1S/C30H20.C6H4O2/c1-3-9-21(10-4-1)28-16-15-25-19-26-17-23-13-7-8-14-24(23)18-27(26)20-29(25)30(28)22-11-5-2-6-12-22;7-5-1-2-6(8)4-3-5/h1-20H;1-4H. The molecule has 0 amide bonds. The Morgan fingerprint density at radius 3 is 1.42 bits per heavy atom. The number of hydrogen-bond donors (Lipinski definition) is 0. The molecule has 180 valence electrons. The monoisotopic (exact) mass is 488 g/mol. The Hall–Kier alpha value is -5.08. The van der Waals surface area contributed by atoms with E-state index in [1.54, 1.807) is 0 Å². The zero-order valence-electron chi connectivity index (χ0n) is 20.7. The smallest absolute Gasteiger partial charge is 0.178 e. The molecule has 0 unspecified atom stereocenters. The number of carbonyl (C=O) groups excluding carboxylic acids is 2. The number of fused-ring (bicyclic) bond motifs is 3. The van der Waals surface area contributed by atoms with Gasteiger partial charge in [0.05, 0.1) is 0 Å². The van der Waals surface area contributed by atoms with E-state index in [1.165, 1.54) is 78.9 Å². The first-order valence-corrected chi connectivity index (χ1v) is 12.6. The molecule has 1 aliphatic rings. The predicted octanol–water partition coefficient (Wildman–Crippen LogP) is 8.73. The maximum Gasteiger partial charge on any atom is 0.178 e. The van der Waals surface area contributed by atoms with E-state index in [-0.39, 0.29) is 11.6 Å². The molecule has 0 atom stereocenters. The third-order valence-electron chi connectivity index (χ3n) is 6.81. The Morgan fingerprint density at radius 2 is 0.842 bits per heavy atom. The van der Waals surface area contributed by atoms with Crippen molar-refractivity contribution in [3.63, 3.8) is 0 Å². The predicted molar refractivity (Wildman–Crippen MR) is 158 cm³/mol. The number of rotatable bonds is 2. The van der Waals surface area contributed by atoms with Gasteiger partial charge in [0, 0.05) is 0 Å². The highest BCUT2D eigenvalue weighted by molar-refractivity contribution is 6.14. The minimum absolute atomic E-state index is 0.121. The lowest BCUT2D eigenvalue weighted by Gasteiger charge is -2.15. The van der Waals surface area contributed by atoms with Crippen molar-refractivity contribution in [1.29, 1.82) is 0 Å². The molecule has 7 rings (SSSR count). The first kappa shape index (κ1) is 23.3. The molecule has 38 heavy (non-hydrogen) atoms. The van der Waals surface area contributed by atoms with E-state index in [4.69, 9.17) is 0 Å². The normalized spacial score (nSPS) is 12.6. The summed E-state index contributed by atoms with van der Waals surface area (Å²) in [6.07, 6.45) is 5.01. The molecule has 0 fully saturated rings. The van der Waals surface area contributed by atoms with Crippen LogP contribution in [0.2, 0.25) is 0 Å². The molecule has 6 aromatic rings. The van der Waals surface area contributed by atoms with Gasteiger partial charge in [-0.1, -0.05) is 97.1 Å². The molecule has 0 heterocycles. The minimum atomic E-state index is -0.121. The van der Waals surface area contributed by atoms with Gasteiger partial charge in [-0.05, 0) is 103 Å². The Morgan fingerprint density at radius 1 is 0.368 bits per heavy atom. The lowest BCUT2D eigenvalue weighted by atomic mass is 9.88. The van der Waals surface area contributed by atoms with E-state index in [9.17, 15) is 9.59 Å². The van der Waals surface area contributed by atoms with Crippen LogP contribution in [0.25, 0.3) is 54.6 Å². The van der Waals surface area contributed by atoms with Gasteiger partial charge in [0.25, 0.3) is 0 Å². The van der Waals surface area contributed by atoms with Crippen LogP contribution in [0, 0.1) is 0 Å². The SMILES string of the molecule is O=C1C=CC(=O)C=C1.c1ccc(-c2ccc3cc4cc5ccccc5cc4cc3c2-c2ccccc2)cc1. The van der Waals surface area contributed by atoms with Crippen LogP contribution in [0.1, 0.15) is 0 Å². The van der Waals surface area contributed by atoms with Crippen LogP contribution >= 0.6 is 0 Å². The summed E-state index contributed by atoms with van der Waals surface area (Å²) in [5, 5.41) is 7.70. The fourth-order valence-corrected chi connectivity index (χ4v) is 4.98. The molecule has 0 aliphatic heterocycles. The lowest BCUT2D eigenvalue weighted by Crippen LogP contribution is -1.97. The fourth-order valence-electron chi connectivity index (χ4n) is 4.98. The van der Waals surface area contributed by atoms with Gasteiger partial charge in [-0.25, -0.2) is 0 Å². The summed E-state index contributed by atoms with van der Waals surface area (Å²) in [6.45, 7) is 0. The number of allylic oxidation sites excluding steroid dienone is 4. The Labute approximate surface area is 221 Å². The first-order valence-electron chi connectivity index (χ1n) is 12.6. The van der Waals surface area contributed by atoms with Crippen LogP contribution in [-0.2, 0) is 9.59 Å². The van der Waals surface area contributed by atoms with Crippen molar-refractivity contribution in [1.82, 2.24) is 0 Å². The topological polar surface area (TPSA) is 34.1 Å². The molecule has 0 spiro atoms. The van der Waals surface area contributed by atoms with Crippen molar-refractivity contribution >= 4 is 43.9 Å². The summed E-state index contributed by atoms with van der Waals surface area (Å²) in [6, 6.07) is 43.9. The maximum atomic E-state index is 10.3. The Bertz CT molecular complexity index is 1840. The Balaban J connectivity index is 0.000000285. The van der Waals surface area contributed by atoms with Gasteiger partial charge in [-0.15, -0.1) is 0 Å². The van der Waals surface area contributed by atoms with Crippen LogP contribution in [0.3, 0.4) is 0 Å². The molecule has 0 saturated carbocycles. The highest BCUT2D eigenvalue weighted by Gasteiger charge is 2.13. The summed E-state index contributed by atoms with van der Waals surface area (Å²) in [5.74, 6) is -0.241. The van der Waals surface area contributed by atoms with E-state index >= 15 is 0 Å². The summed E-state index contributed by atoms with van der Waals surface area (Å²) >= 11 is 0. The zero-order valence-corrected chi connectivity index (χ0v) is 20.7. The van der Waals surface area contributed by atoms with E-state index in [2.05, 4.69) is 121 Å². The van der Waals surface area contributed by atoms with Gasteiger partial charge in [-0.2, -0.15) is 0 Å². The summed E-state index contributed by atoms with van der Waals surface area (Å²) in [5.41, 5.74) is 5.07. The molecule has 0 aromatic heterocycles. The van der Waals surface area contributed by atoms with E-state index < -0.39 is 0 Å². The molecule has 0 radical (unpaired) electrons. The van der Waals surface area contributed by atoms with Gasteiger partial charge < -0.3 is 0 Å². The van der Waals surface area contributed by atoms with Gasteiger partial charge in [-0.3, -0.25) is 9.59 Å². The molecule has 1 aliphatic carbocycles. The highest BCUT2D eigenvalue weighted by Crippen LogP contribution is 2.40. The third-order valence-corrected chi connectivity index (χ3v) is 6.81. The maximum absolute atomic E-state index is 10.3. The average molecular weight is 489 g/mol. The number of benzene rings is 6. The third kappa shape index (κ3) is 4.68. The largest absolute Gasteiger partial charge is 0.290 e. The minimum Gasteiger partial charge on any atom is -0.290 e. The van der Waals surface area contributed by atoms with Crippen molar-refractivity contribution in [2.45, 2.75) is 0 Å². The van der Waals surface area contributed by atoms with Crippen LogP contribution in [0.5, 0.6) is 0 Å². The molecule has 0 saturated heterocycles. The first-order chi connectivity index (χ1) is 18.7. The van der Waals surface area contributed by atoms with Gasteiger partial charge in [0.2, 0.25) is 0 Å². The Kier molecular flexibility index (Phi) is 6.21. The zero-order chi connectivity index (χ0) is 25.9. The van der Waals surface area contributed by atoms with Gasteiger partial charge >= 0.3 is 0 Å². The van der Waals surface area contributed by atoms with Crippen molar-refractivity contribution in [2.75, 3.05) is 0 Å². The lowest BCUT2D eigenvalue weighted by molar-refractivity contribution is -0.113. The quantitative estimate of drug-likeness (QED) is 0.180. The average Bonchev–Trinajstić information content (AvgIpc) is 2.97. The van der Waals surface area contributed by atoms with Crippen molar-refractivity contribution < 1.29 is 9.59 Å². The van der Waals surface area contributed by atoms with Crippen molar-refractivity contribution in [3.8, 4) is 22.3 Å². The second kappa shape index (κ2) is 10.1.